The van der Waals surface area contributed by atoms with Crippen LogP contribution in [-0.4, -0.2) is 48.7 Å². The van der Waals surface area contributed by atoms with Crippen LogP contribution in [0, 0.1) is 6.92 Å². The molecule has 0 aliphatic rings. The smallest absolute Gasteiger partial charge is 0.276 e. The van der Waals surface area contributed by atoms with Gasteiger partial charge in [-0.1, -0.05) is 0 Å². The average molecular weight is 490 g/mol. The van der Waals surface area contributed by atoms with Crippen molar-refractivity contribution in [2.45, 2.75) is 11.8 Å². The third-order valence-corrected chi connectivity index (χ3v) is 6.66. The molecule has 4 aromatic heterocycles. The van der Waals surface area contributed by atoms with Crippen molar-refractivity contribution in [1.82, 2.24) is 34.3 Å². The molecule has 176 valence electrons. The zero-order valence-corrected chi connectivity index (χ0v) is 19.4. The van der Waals surface area contributed by atoms with E-state index in [9.17, 15) is 13.2 Å². The molecule has 2 N–H and O–H groups in total. The number of rotatable bonds is 6. The minimum absolute atomic E-state index is 0.00337. The number of amides is 1. The number of aromatic nitrogens is 7. The zero-order valence-electron chi connectivity index (χ0n) is 18.6. The van der Waals surface area contributed by atoms with Crippen LogP contribution in [-0.2, 0) is 17.1 Å². The third kappa shape index (κ3) is 4.31. The molecule has 5 aromatic rings. The molecular weight excluding hydrogens is 470 g/mol. The summed E-state index contributed by atoms with van der Waals surface area (Å²) in [6.07, 6.45) is 6.24. The first kappa shape index (κ1) is 22.2. The van der Waals surface area contributed by atoms with Crippen LogP contribution in [0.4, 0.5) is 11.6 Å². The number of hydrogen-bond donors (Lipinski definition) is 2. The Kier molecular flexibility index (Phi) is 5.45. The van der Waals surface area contributed by atoms with Gasteiger partial charge in [0.15, 0.2) is 11.3 Å². The van der Waals surface area contributed by atoms with Crippen LogP contribution in [0.2, 0.25) is 0 Å². The lowest BCUT2D eigenvalue weighted by Gasteiger charge is -2.08. The summed E-state index contributed by atoms with van der Waals surface area (Å²) in [5.74, 6) is -0.498. The summed E-state index contributed by atoms with van der Waals surface area (Å²) in [5, 5.41) is 11.4. The Labute approximate surface area is 199 Å². The molecule has 0 saturated carbocycles. The van der Waals surface area contributed by atoms with E-state index in [-0.39, 0.29) is 16.5 Å². The van der Waals surface area contributed by atoms with Gasteiger partial charge in [-0.2, -0.15) is 10.2 Å². The van der Waals surface area contributed by atoms with Crippen molar-refractivity contribution < 1.29 is 13.2 Å². The van der Waals surface area contributed by atoms with E-state index in [0.717, 1.165) is 17.0 Å². The number of nitrogens with zero attached hydrogens (tertiary/aromatic N) is 7. The maximum atomic E-state index is 12.8. The van der Waals surface area contributed by atoms with Crippen LogP contribution >= 0.6 is 0 Å². The standard InChI is InChI=1S/C22H19N9O3S/c1-14-17(13-26-30(14)2)19-8-11-23-20-12-18(28-31(19)20)21(32)27-15-4-6-16(7-5-15)35(33,34)29-22-24-9-3-10-25-22/h3-13H,1-2H3,(H,27,32)(H,24,25,29). The van der Waals surface area contributed by atoms with Crippen molar-refractivity contribution in [2.75, 3.05) is 10.0 Å². The Morgan fingerprint density at radius 1 is 1.00 bits per heavy atom. The lowest BCUT2D eigenvalue weighted by Crippen LogP contribution is -2.15. The third-order valence-electron chi connectivity index (χ3n) is 5.32. The van der Waals surface area contributed by atoms with E-state index in [1.54, 1.807) is 39.8 Å². The second kappa shape index (κ2) is 8.61. The average Bonchev–Trinajstić information content (AvgIpc) is 3.43. The minimum atomic E-state index is -3.88. The molecule has 4 heterocycles. The van der Waals surface area contributed by atoms with Crippen LogP contribution in [0.5, 0.6) is 0 Å². The van der Waals surface area contributed by atoms with E-state index in [0.29, 0.717) is 11.3 Å². The number of aryl methyl sites for hydroxylation is 1. The fourth-order valence-electron chi connectivity index (χ4n) is 3.40. The molecule has 0 bridgehead atoms. The SMILES string of the molecule is Cc1c(-c2ccnc3cc(C(=O)Nc4ccc(S(=O)(=O)Nc5ncccn5)cc4)nn23)cnn1C. The fraction of sp³-hybridized carbons (Fsp3) is 0.0909. The number of hydrogen-bond acceptors (Lipinski definition) is 8. The highest BCUT2D eigenvalue weighted by atomic mass is 32.2. The molecule has 0 aliphatic carbocycles. The summed E-state index contributed by atoms with van der Waals surface area (Å²) in [7, 11) is -2.03. The molecule has 0 unspecified atom stereocenters. The van der Waals surface area contributed by atoms with Gasteiger partial charge in [0.05, 0.1) is 16.8 Å². The van der Waals surface area contributed by atoms with Gasteiger partial charge < -0.3 is 5.32 Å². The topological polar surface area (TPSA) is 149 Å². The number of benzene rings is 1. The Balaban J connectivity index is 1.36. The first-order valence-corrected chi connectivity index (χ1v) is 11.9. The van der Waals surface area contributed by atoms with Crippen molar-refractivity contribution in [3.8, 4) is 11.3 Å². The first-order chi connectivity index (χ1) is 16.8. The van der Waals surface area contributed by atoms with E-state index in [4.69, 9.17) is 0 Å². The van der Waals surface area contributed by atoms with E-state index >= 15 is 0 Å². The number of carbonyl (C=O) groups excluding carboxylic acids is 1. The lowest BCUT2D eigenvalue weighted by molar-refractivity contribution is 0.102. The summed E-state index contributed by atoms with van der Waals surface area (Å²) in [6, 6.07) is 10.7. The van der Waals surface area contributed by atoms with E-state index in [1.807, 2.05) is 14.0 Å². The molecule has 12 nitrogen and oxygen atoms in total. The molecule has 0 aliphatic heterocycles. The zero-order chi connectivity index (χ0) is 24.6. The Morgan fingerprint density at radius 2 is 1.74 bits per heavy atom. The van der Waals surface area contributed by atoms with Crippen molar-refractivity contribution in [3.63, 3.8) is 0 Å². The highest BCUT2D eigenvalue weighted by molar-refractivity contribution is 7.92. The van der Waals surface area contributed by atoms with Gasteiger partial charge in [0.1, 0.15) is 0 Å². The summed E-state index contributed by atoms with van der Waals surface area (Å²) < 4.78 is 30.7. The number of nitrogens with one attached hydrogen (secondary N) is 2. The van der Waals surface area contributed by atoms with Gasteiger partial charge in [-0.3, -0.25) is 9.48 Å². The van der Waals surface area contributed by atoms with Gasteiger partial charge in [-0.15, -0.1) is 0 Å². The van der Waals surface area contributed by atoms with Crippen LogP contribution in [0.3, 0.4) is 0 Å². The highest BCUT2D eigenvalue weighted by Gasteiger charge is 2.18. The van der Waals surface area contributed by atoms with E-state index < -0.39 is 15.9 Å². The summed E-state index contributed by atoms with van der Waals surface area (Å²) >= 11 is 0. The quantitative estimate of drug-likeness (QED) is 0.369. The van der Waals surface area contributed by atoms with Crippen LogP contribution in [0.1, 0.15) is 16.2 Å². The number of anilines is 2. The molecule has 13 heteroatoms. The Hall–Kier alpha value is -4.65. The van der Waals surface area contributed by atoms with Gasteiger partial charge >= 0.3 is 0 Å². The molecule has 0 saturated heterocycles. The lowest BCUT2D eigenvalue weighted by atomic mass is 10.2. The number of sulfonamides is 1. The molecule has 5 rings (SSSR count). The largest absolute Gasteiger partial charge is 0.321 e. The van der Waals surface area contributed by atoms with Crippen LogP contribution in [0.25, 0.3) is 16.9 Å². The summed E-state index contributed by atoms with van der Waals surface area (Å²) in [6.45, 7) is 1.94. The first-order valence-electron chi connectivity index (χ1n) is 10.4. The Morgan fingerprint density at radius 3 is 2.43 bits per heavy atom. The van der Waals surface area contributed by atoms with E-state index in [2.05, 4.69) is 35.2 Å². The molecule has 1 aromatic carbocycles. The second-order valence-corrected chi connectivity index (χ2v) is 9.24. The maximum absolute atomic E-state index is 12.8. The number of fused-ring (bicyclic) bond motifs is 1. The van der Waals surface area contributed by atoms with Gasteiger partial charge in [-0.05, 0) is 43.3 Å². The van der Waals surface area contributed by atoms with Gasteiger partial charge in [0, 0.05) is 48.6 Å². The van der Waals surface area contributed by atoms with Gasteiger partial charge in [0.2, 0.25) is 5.95 Å². The van der Waals surface area contributed by atoms with Crippen molar-refractivity contribution in [2.24, 2.45) is 7.05 Å². The van der Waals surface area contributed by atoms with Crippen molar-refractivity contribution in [1.29, 1.82) is 0 Å². The monoisotopic (exact) mass is 489 g/mol. The fourth-order valence-corrected chi connectivity index (χ4v) is 4.36. The van der Waals surface area contributed by atoms with Crippen LogP contribution < -0.4 is 10.0 Å². The predicted molar refractivity (Wildman–Crippen MR) is 127 cm³/mol. The molecule has 0 atom stereocenters. The summed E-state index contributed by atoms with van der Waals surface area (Å²) in [4.78, 5) is 24.8. The molecule has 0 spiro atoms. The predicted octanol–water partition coefficient (Wildman–Crippen LogP) is 2.28. The molecule has 1 amide bonds. The highest BCUT2D eigenvalue weighted by Crippen LogP contribution is 2.23. The summed E-state index contributed by atoms with van der Waals surface area (Å²) in [5.41, 5.74) is 3.64. The van der Waals surface area contributed by atoms with E-state index in [1.165, 1.54) is 36.7 Å². The molecular formula is C22H19N9O3S. The van der Waals surface area contributed by atoms with Gasteiger partial charge in [0.25, 0.3) is 15.9 Å². The number of carbonyl (C=O) groups is 1. The van der Waals surface area contributed by atoms with Crippen LogP contribution in [0.15, 0.2) is 72.1 Å². The molecule has 35 heavy (non-hydrogen) atoms. The van der Waals surface area contributed by atoms with Crippen molar-refractivity contribution in [3.05, 3.63) is 78.6 Å². The van der Waals surface area contributed by atoms with Crippen molar-refractivity contribution >= 4 is 33.2 Å². The Bertz CT molecular complexity index is 1640. The normalized spacial score (nSPS) is 11.5. The molecule has 0 radical (unpaired) electrons. The minimum Gasteiger partial charge on any atom is -0.321 e. The molecule has 0 fully saturated rings. The maximum Gasteiger partial charge on any atom is 0.276 e. The van der Waals surface area contributed by atoms with Gasteiger partial charge in [-0.25, -0.2) is 32.6 Å². The second-order valence-electron chi connectivity index (χ2n) is 7.55.